The molecule has 0 fully saturated rings. The Balaban J connectivity index is 0.00000338. The lowest BCUT2D eigenvalue weighted by Crippen LogP contribution is -2.39. The zero-order chi connectivity index (χ0) is 18.1. The average molecular weight is 478 g/mol. The van der Waals surface area contributed by atoms with Crippen LogP contribution in [-0.2, 0) is 19.0 Å². The number of hydrogen-bond acceptors (Lipinski definition) is 2. The van der Waals surface area contributed by atoms with Crippen LogP contribution < -0.4 is 10.6 Å². The molecule has 0 spiro atoms. The van der Waals surface area contributed by atoms with Crippen LogP contribution in [0.1, 0.15) is 16.7 Å². The summed E-state index contributed by atoms with van der Waals surface area (Å²) in [5, 5.41) is 6.35. The molecule has 0 atom stereocenters. The van der Waals surface area contributed by atoms with E-state index >= 15 is 0 Å². The monoisotopic (exact) mass is 478 g/mol. The highest BCUT2D eigenvalue weighted by atomic mass is 127. The van der Waals surface area contributed by atoms with Crippen molar-refractivity contribution < 1.29 is 13.2 Å². The van der Waals surface area contributed by atoms with Gasteiger partial charge >= 0.3 is 6.18 Å². The van der Waals surface area contributed by atoms with E-state index < -0.39 is 11.7 Å². The molecule has 0 aliphatic rings. The van der Waals surface area contributed by atoms with Crippen LogP contribution in [0.5, 0.6) is 0 Å². The fourth-order valence-electron chi connectivity index (χ4n) is 2.28. The zero-order valence-corrected chi connectivity index (χ0v) is 16.7. The van der Waals surface area contributed by atoms with Crippen LogP contribution in [0, 0.1) is 0 Å². The van der Waals surface area contributed by atoms with E-state index in [9.17, 15) is 13.2 Å². The van der Waals surface area contributed by atoms with Crippen LogP contribution >= 0.6 is 24.0 Å². The van der Waals surface area contributed by atoms with Gasteiger partial charge in [0.15, 0.2) is 5.96 Å². The number of halogens is 4. The van der Waals surface area contributed by atoms with Gasteiger partial charge in [-0.15, -0.1) is 24.0 Å². The largest absolute Gasteiger partial charge is 0.416 e. The maximum Gasteiger partial charge on any atom is 0.416 e. The van der Waals surface area contributed by atoms with Crippen molar-refractivity contribution in [2.45, 2.75) is 19.0 Å². The van der Waals surface area contributed by atoms with Gasteiger partial charge in [-0.2, -0.15) is 13.2 Å². The van der Waals surface area contributed by atoms with Gasteiger partial charge < -0.3 is 10.6 Å². The number of nitrogens with one attached hydrogen (secondary N) is 2. The molecular formula is C18H22F3IN4. The third-order valence-corrected chi connectivity index (χ3v) is 3.64. The summed E-state index contributed by atoms with van der Waals surface area (Å²) in [5.41, 5.74) is 1.35. The van der Waals surface area contributed by atoms with Gasteiger partial charge in [0.05, 0.1) is 5.56 Å². The van der Waals surface area contributed by atoms with Crippen molar-refractivity contribution >= 4 is 29.9 Å². The Bertz CT molecular complexity index is 673. The fraction of sp³-hybridized carbons (Fsp3) is 0.333. The summed E-state index contributed by atoms with van der Waals surface area (Å²) < 4.78 is 37.6. The summed E-state index contributed by atoms with van der Waals surface area (Å²) >= 11 is 0. The number of aromatic nitrogens is 1. The quantitative estimate of drug-likeness (QED) is 0.379. The van der Waals surface area contributed by atoms with E-state index in [1.54, 1.807) is 13.2 Å². The van der Waals surface area contributed by atoms with Crippen molar-refractivity contribution in [1.29, 1.82) is 0 Å². The lowest BCUT2D eigenvalue weighted by atomic mass is 10.1. The molecule has 2 aromatic rings. The molecule has 2 N–H and O–H groups in total. The second-order valence-electron chi connectivity index (χ2n) is 5.48. The van der Waals surface area contributed by atoms with Crippen LogP contribution in [0.4, 0.5) is 13.2 Å². The Labute approximate surface area is 168 Å². The molecule has 0 bridgehead atoms. The van der Waals surface area contributed by atoms with Crippen molar-refractivity contribution in [2.24, 2.45) is 4.99 Å². The van der Waals surface area contributed by atoms with E-state index in [0.717, 1.165) is 29.7 Å². The molecule has 1 heterocycles. The van der Waals surface area contributed by atoms with Crippen LogP contribution in [-0.4, -0.2) is 31.1 Å². The van der Waals surface area contributed by atoms with Gasteiger partial charge in [0.2, 0.25) is 0 Å². The number of rotatable bonds is 6. The maximum atomic E-state index is 12.5. The standard InChI is InChI=1S/C18H21F3N4.HI/c1-22-17(25-12-9-15-3-2-10-23-13-15)24-11-8-14-4-6-16(7-5-14)18(19,20)21;/h2-7,10,13H,8-9,11-12H2,1H3,(H2,22,24,25);1H. The fourth-order valence-corrected chi connectivity index (χ4v) is 2.28. The van der Waals surface area contributed by atoms with Crippen LogP contribution in [0.15, 0.2) is 53.8 Å². The topological polar surface area (TPSA) is 49.3 Å². The highest BCUT2D eigenvalue weighted by Crippen LogP contribution is 2.29. The predicted molar refractivity (Wildman–Crippen MR) is 108 cm³/mol. The molecular weight excluding hydrogens is 456 g/mol. The molecule has 26 heavy (non-hydrogen) atoms. The van der Waals surface area contributed by atoms with Crippen LogP contribution in [0.3, 0.4) is 0 Å². The van der Waals surface area contributed by atoms with Gasteiger partial charge in [-0.05, 0) is 42.2 Å². The highest BCUT2D eigenvalue weighted by Gasteiger charge is 2.29. The number of hydrogen-bond donors (Lipinski definition) is 2. The highest BCUT2D eigenvalue weighted by molar-refractivity contribution is 14.0. The van der Waals surface area contributed by atoms with Crippen LogP contribution in [0.2, 0.25) is 0 Å². The molecule has 2 rings (SSSR count). The summed E-state index contributed by atoms with van der Waals surface area (Å²) in [5.74, 6) is 0.663. The Hall–Kier alpha value is -1.84. The van der Waals surface area contributed by atoms with Crippen molar-refractivity contribution in [3.05, 3.63) is 65.5 Å². The van der Waals surface area contributed by atoms with E-state index in [-0.39, 0.29) is 24.0 Å². The van der Waals surface area contributed by atoms with Gasteiger partial charge in [-0.25, -0.2) is 0 Å². The second kappa shape index (κ2) is 11.0. The number of pyridine rings is 1. The zero-order valence-electron chi connectivity index (χ0n) is 14.4. The van der Waals surface area contributed by atoms with Crippen molar-refractivity contribution in [3.63, 3.8) is 0 Å². The molecule has 1 aromatic carbocycles. The first-order valence-corrected chi connectivity index (χ1v) is 7.98. The molecule has 0 aliphatic carbocycles. The van der Waals surface area contributed by atoms with E-state index in [1.807, 2.05) is 18.3 Å². The Morgan fingerprint density at radius 3 is 2.12 bits per heavy atom. The number of benzene rings is 1. The van der Waals surface area contributed by atoms with E-state index in [0.29, 0.717) is 25.5 Å². The molecule has 0 radical (unpaired) electrons. The minimum Gasteiger partial charge on any atom is -0.356 e. The van der Waals surface area contributed by atoms with Gasteiger partial charge in [0.25, 0.3) is 0 Å². The average Bonchev–Trinajstić information content (AvgIpc) is 2.61. The van der Waals surface area contributed by atoms with Crippen molar-refractivity contribution in [3.8, 4) is 0 Å². The first-order chi connectivity index (χ1) is 12.0. The van der Waals surface area contributed by atoms with Crippen molar-refractivity contribution in [1.82, 2.24) is 15.6 Å². The van der Waals surface area contributed by atoms with Crippen molar-refractivity contribution in [2.75, 3.05) is 20.1 Å². The minimum absolute atomic E-state index is 0. The number of aliphatic imine (C=N–C) groups is 1. The van der Waals surface area contributed by atoms with E-state index in [2.05, 4.69) is 20.6 Å². The number of nitrogens with zero attached hydrogens (tertiary/aromatic N) is 2. The Morgan fingerprint density at radius 1 is 1.00 bits per heavy atom. The molecule has 0 saturated heterocycles. The third-order valence-electron chi connectivity index (χ3n) is 3.64. The third kappa shape index (κ3) is 7.59. The molecule has 1 aromatic heterocycles. The van der Waals surface area contributed by atoms with Gasteiger partial charge in [0.1, 0.15) is 0 Å². The first kappa shape index (κ1) is 22.2. The molecule has 4 nitrogen and oxygen atoms in total. The summed E-state index contributed by atoms with van der Waals surface area (Å²) in [7, 11) is 1.68. The van der Waals surface area contributed by atoms with Crippen LogP contribution in [0.25, 0.3) is 0 Å². The Morgan fingerprint density at radius 2 is 1.62 bits per heavy atom. The summed E-state index contributed by atoms with van der Waals surface area (Å²) in [6.45, 7) is 1.30. The lowest BCUT2D eigenvalue weighted by Gasteiger charge is -2.12. The molecule has 142 valence electrons. The smallest absolute Gasteiger partial charge is 0.356 e. The SMILES string of the molecule is CN=C(NCCc1ccc(C(F)(F)F)cc1)NCCc1cccnc1.I. The first-order valence-electron chi connectivity index (χ1n) is 7.98. The van der Waals surface area contributed by atoms with Gasteiger partial charge in [-0.3, -0.25) is 9.98 Å². The normalized spacial score (nSPS) is 11.6. The van der Waals surface area contributed by atoms with Gasteiger partial charge in [0, 0.05) is 32.5 Å². The maximum absolute atomic E-state index is 12.5. The molecule has 8 heteroatoms. The molecule has 0 saturated carbocycles. The minimum atomic E-state index is -4.29. The lowest BCUT2D eigenvalue weighted by molar-refractivity contribution is -0.137. The van der Waals surface area contributed by atoms with E-state index in [1.165, 1.54) is 12.1 Å². The van der Waals surface area contributed by atoms with Gasteiger partial charge in [-0.1, -0.05) is 18.2 Å². The Kier molecular flexibility index (Phi) is 9.39. The molecule has 0 unspecified atom stereocenters. The summed E-state index contributed by atoms with van der Waals surface area (Å²) in [6.07, 6.45) is 0.701. The summed E-state index contributed by atoms with van der Waals surface area (Å²) in [6, 6.07) is 9.13. The van der Waals surface area contributed by atoms with E-state index in [4.69, 9.17) is 0 Å². The number of alkyl halides is 3. The molecule has 0 amide bonds. The number of guanidine groups is 1. The molecule has 0 aliphatic heterocycles. The predicted octanol–water partition coefficient (Wildman–Crippen LogP) is 3.67. The second-order valence-corrected chi connectivity index (χ2v) is 5.48. The summed E-state index contributed by atoms with van der Waals surface area (Å²) in [4.78, 5) is 8.19.